The molecule has 0 saturated heterocycles. The second-order valence-electron chi connectivity index (χ2n) is 7.59. The van der Waals surface area contributed by atoms with E-state index in [4.69, 9.17) is 4.74 Å². The average Bonchev–Trinajstić information content (AvgIpc) is 2.82. The Balaban J connectivity index is 1.53. The summed E-state index contributed by atoms with van der Waals surface area (Å²) in [6.45, 7) is 4.63. The van der Waals surface area contributed by atoms with Crippen molar-refractivity contribution in [3.05, 3.63) is 94.0 Å². The summed E-state index contributed by atoms with van der Waals surface area (Å²) in [5.41, 5.74) is 3.25. The number of amides is 2. The zero-order valence-corrected chi connectivity index (χ0v) is 19.8. The summed E-state index contributed by atoms with van der Waals surface area (Å²) in [6.07, 6.45) is 1.05. The van der Waals surface area contributed by atoms with Crippen LogP contribution in [0, 0.1) is 0 Å². The summed E-state index contributed by atoms with van der Waals surface area (Å²) >= 11 is 3.52. The monoisotopic (exact) mass is 494 g/mol. The van der Waals surface area contributed by atoms with Gasteiger partial charge < -0.3 is 15.4 Å². The summed E-state index contributed by atoms with van der Waals surface area (Å²) in [6, 6.07) is 22.4. The van der Waals surface area contributed by atoms with Crippen LogP contribution in [0.25, 0.3) is 0 Å². The molecule has 0 aromatic heterocycles. The van der Waals surface area contributed by atoms with E-state index in [-0.39, 0.29) is 18.4 Å². The van der Waals surface area contributed by atoms with Crippen molar-refractivity contribution in [1.82, 2.24) is 5.32 Å². The van der Waals surface area contributed by atoms with Gasteiger partial charge in [-0.2, -0.15) is 0 Å². The highest BCUT2D eigenvalue weighted by atomic mass is 79.9. The molecule has 0 fully saturated rings. The Labute approximate surface area is 197 Å². The smallest absolute Gasteiger partial charge is 0.262 e. The minimum Gasteiger partial charge on any atom is -0.483 e. The predicted molar refractivity (Wildman–Crippen MR) is 131 cm³/mol. The van der Waals surface area contributed by atoms with Gasteiger partial charge in [0.15, 0.2) is 6.61 Å². The van der Waals surface area contributed by atoms with Crippen LogP contribution in [-0.4, -0.2) is 18.4 Å². The highest BCUT2D eigenvalue weighted by Gasteiger charge is 2.11. The van der Waals surface area contributed by atoms with Crippen LogP contribution in [0.2, 0.25) is 0 Å². The first-order chi connectivity index (χ1) is 15.5. The van der Waals surface area contributed by atoms with Gasteiger partial charge in [0.25, 0.3) is 11.8 Å². The molecule has 6 heteroatoms. The number of carbonyl (C=O) groups excluding carboxylic acids is 2. The molecule has 32 heavy (non-hydrogen) atoms. The van der Waals surface area contributed by atoms with Crippen LogP contribution in [0.3, 0.4) is 0 Å². The molecule has 0 radical (unpaired) electrons. The highest BCUT2D eigenvalue weighted by Crippen LogP contribution is 2.30. The van der Waals surface area contributed by atoms with Gasteiger partial charge in [0.05, 0.1) is 4.47 Å². The molecule has 2 N–H and O–H groups in total. The molecule has 3 aromatic carbocycles. The molecule has 5 nitrogen and oxygen atoms in total. The molecule has 1 atom stereocenters. The lowest BCUT2D eigenvalue weighted by atomic mass is 9.99. The van der Waals surface area contributed by atoms with Gasteiger partial charge >= 0.3 is 0 Å². The Hall–Kier alpha value is -3.12. The first-order valence-corrected chi connectivity index (χ1v) is 11.4. The topological polar surface area (TPSA) is 67.4 Å². The molecule has 0 spiro atoms. The van der Waals surface area contributed by atoms with Crippen LogP contribution in [0.5, 0.6) is 5.75 Å². The molecule has 166 valence electrons. The minimum atomic E-state index is -0.301. The second kappa shape index (κ2) is 11.5. The van der Waals surface area contributed by atoms with E-state index in [1.807, 2.05) is 48.5 Å². The van der Waals surface area contributed by atoms with E-state index in [2.05, 4.69) is 40.4 Å². The summed E-state index contributed by atoms with van der Waals surface area (Å²) in [4.78, 5) is 24.8. The molecule has 0 heterocycles. The lowest BCUT2D eigenvalue weighted by Crippen LogP contribution is -2.23. The first-order valence-electron chi connectivity index (χ1n) is 10.6. The molecule has 3 aromatic rings. The van der Waals surface area contributed by atoms with Gasteiger partial charge in [0, 0.05) is 17.8 Å². The normalized spacial score (nSPS) is 11.5. The standard InChI is InChI=1S/C26H27BrN2O3/c1-3-18(2)20-12-13-24(23(27)15-20)32-17-25(30)29-22-11-7-10-21(14-22)26(31)28-16-19-8-5-4-6-9-19/h4-15,18H,3,16-17H2,1-2H3,(H,28,31)(H,29,30). The van der Waals surface area contributed by atoms with Crippen LogP contribution in [0.15, 0.2) is 77.3 Å². The lowest BCUT2D eigenvalue weighted by Gasteiger charge is -2.13. The first kappa shape index (κ1) is 23.5. The van der Waals surface area contributed by atoms with Crippen molar-refractivity contribution in [3.8, 4) is 5.75 Å². The SMILES string of the molecule is CCC(C)c1ccc(OCC(=O)Nc2cccc(C(=O)NCc3ccccc3)c2)c(Br)c1. The summed E-state index contributed by atoms with van der Waals surface area (Å²) in [5, 5.41) is 5.66. The molecule has 0 bridgehead atoms. The molecule has 1 unspecified atom stereocenters. The van der Waals surface area contributed by atoms with E-state index in [9.17, 15) is 9.59 Å². The van der Waals surface area contributed by atoms with Crippen molar-refractivity contribution < 1.29 is 14.3 Å². The summed E-state index contributed by atoms with van der Waals surface area (Å²) in [5.74, 6) is 0.568. The molecule has 0 saturated carbocycles. The molecule has 0 aliphatic carbocycles. The van der Waals surface area contributed by atoms with Gasteiger partial charge in [-0.25, -0.2) is 0 Å². The molecule has 3 rings (SSSR count). The van der Waals surface area contributed by atoms with Crippen LogP contribution < -0.4 is 15.4 Å². The molecule has 0 aliphatic rings. The zero-order chi connectivity index (χ0) is 22.9. The van der Waals surface area contributed by atoms with Gasteiger partial charge in [0.2, 0.25) is 0 Å². The number of hydrogen-bond acceptors (Lipinski definition) is 3. The van der Waals surface area contributed by atoms with Crippen LogP contribution >= 0.6 is 15.9 Å². The predicted octanol–water partition coefficient (Wildman–Crippen LogP) is 5.91. The number of benzene rings is 3. The maximum Gasteiger partial charge on any atom is 0.262 e. The fraction of sp³-hybridized carbons (Fsp3) is 0.231. The van der Waals surface area contributed by atoms with Crippen molar-refractivity contribution in [1.29, 1.82) is 0 Å². The Morgan fingerprint density at radius 1 is 1.00 bits per heavy atom. The summed E-state index contributed by atoms with van der Waals surface area (Å²) in [7, 11) is 0. The van der Waals surface area contributed by atoms with E-state index in [1.165, 1.54) is 5.56 Å². The van der Waals surface area contributed by atoms with Gasteiger partial charge in [-0.05, 0) is 69.7 Å². The number of ether oxygens (including phenoxy) is 1. The van der Waals surface area contributed by atoms with Crippen molar-refractivity contribution in [3.63, 3.8) is 0 Å². The Morgan fingerprint density at radius 3 is 2.50 bits per heavy atom. The quantitative estimate of drug-likeness (QED) is 0.388. The number of carbonyl (C=O) groups is 2. The zero-order valence-electron chi connectivity index (χ0n) is 18.2. The third-order valence-corrected chi connectivity index (χ3v) is 5.82. The van der Waals surface area contributed by atoms with Gasteiger partial charge in [0.1, 0.15) is 5.75 Å². The van der Waals surface area contributed by atoms with Crippen molar-refractivity contribution >= 4 is 33.4 Å². The second-order valence-corrected chi connectivity index (χ2v) is 8.44. The van der Waals surface area contributed by atoms with Gasteiger partial charge in [-0.3, -0.25) is 9.59 Å². The van der Waals surface area contributed by atoms with E-state index < -0.39 is 0 Å². The average molecular weight is 495 g/mol. The fourth-order valence-electron chi connectivity index (χ4n) is 3.14. The van der Waals surface area contributed by atoms with Crippen molar-refractivity contribution in [2.45, 2.75) is 32.7 Å². The number of anilines is 1. The van der Waals surface area contributed by atoms with Crippen molar-refractivity contribution in [2.75, 3.05) is 11.9 Å². The summed E-state index contributed by atoms with van der Waals surface area (Å²) < 4.78 is 6.49. The number of halogens is 1. The van der Waals surface area contributed by atoms with E-state index in [0.717, 1.165) is 16.5 Å². The molecule has 2 amide bonds. The Kier molecular flexibility index (Phi) is 8.45. The van der Waals surface area contributed by atoms with E-state index >= 15 is 0 Å². The van der Waals surface area contributed by atoms with Gasteiger partial charge in [-0.1, -0.05) is 56.3 Å². The fourth-order valence-corrected chi connectivity index (χ4v) is 3.65. The molecule has 0 aliphatic heterocycles. The maximum absolute atomic E-state index is 12.4. The number of hydrogen-bond donors (Lipinski definition) is 2. The minimum absolute atomic E-state index is 0.133. The van der Waals surface area contributed by atoms with Crippen LogP contribution in [0.4, 0.5) is 5.69 Å². The van der Waals surface area contributed by atoms with Crippen LogP contribution in [0.1, 0.15) is 47.7 Å². The van der Waals surface area contributed by atoms with E-state index in [0.29, 0.717) is 29.5 Å². The van der Waals surface area contributed by atoms with Crippen LogP contribution in [-0.2, 0) is 11.3 Å². The number of rotatable bonds is 9. The Morgan fingerprint density at radius 2 is 1.78 bits per heavy atom. The van der Waals surface area contributed by atoms with E-state index in [1.54, 1.807) is 24.3 Å². The molecular weight excluding hydrogens is 468 g/mol. The lowest BCUT2D eigenvalue weighted by molar-refractivity contribution is -0.118. The van der Waals surface area contributed by atoms with Crippen molar-refractivity contribution in [2.24, 2.45) is 0 Å². The largest absolute Gasteiger partial charge is 0.483 e. The Bertz CT molecular complexity index is 1070. The third-order valence-electron chi connectivity index (χ3n) is 5.20. The van der Waals surface area contributed by atoms with Gasteiger partial charge in [-0.15, -0.1) is 0 Å². The molecular formula is C26H27BrN2O3. The number of nitrogens with one attached hydrogen (secondary N) is 2. The highest BCUT2D eigenvalue weighted by molar-refractivity contribution is 9.10. The third kappa shape index (κ3) is 6.69. The maximum atomic E-state index is 12.4.